The van der Waals surface area contributed by atoms with Crippen molar-refractivity contribution >= 4 is 5.91 Å². The Morgan fingerprint density at radius 1 is 1.43 bits per heavy atom. The first-order valence-electron chi connectivity index (χ1n) is 4.96. The molecule has 0 fully saturated rings. The fourth-order valence-corrected chi connectivity index (χ4v) is 1.57. The summed E-state index contributed by atoms with van der Waals surface area (Å²) in [5.74, 6) is 0.0596. The number of rotatable bonds is 6. The van der Waals surface area contributed by atoms with Crippen LogP contribution in [0.1, 0.15) is 13.8 Å². The summed E-state index contributed by atoms with van der Waals surface area (Å²) in [6, 6.07) is 0.234. The lowest BCUT2D eigenvalue weighted by molar-refractivity contribution is -0.137. The summed E-state index contributed by atoms with van der Waals surface area (Å²) in [6.07, 6.45) is 0. The number of amides is 1. The second kappa shape index (κ2) is 6.79. The molecular formula is C10H22N2O2. The molecule has 4 heteroatoms. The predicted molar refractivity (Wildman–Crippen MR) is 57.3 cm³/mol. The van der Waals surface area contributed by atoms with Gasteiger partial charge in [0, 0.05) is 26.2 Å². The average molecular weight is 202 g/mol. The van der Waals surface area contributed by atoms with Crippen LogP contribution in [0.3, 0.4) is 0 Å². The molecule has 0 spiro atoms. The van der Waals surface area contributed by atoms with E-state index in [1.165, 1.54) is 0 Å². The molecule has 1 unspecified atom stereocenters. The van der Waals surface area contributed by atoms with Gasteiger partial charge in [0.15, 0.2) is 0 Å². The highest BCUT2D eigenvalue weighted by molar-refractivity contribution is 5.77. The van der Waals surface area contributed by atoms with Crippen LogP contribution in [-0.2, 0) is 9.53 Å². The van der Waals surface area contributed by atoms with Crippen LogP contribution in [-0.4, -0.2) is 62.7 Å². The van der Waals surface area contributed by atoms with Crippen LogP contribution in [0.4, 0.5) is 0 Å². The van der Waals surface area contributed by atoms with Crippen molar-refractivity contribution in [1.82, 2.24) is 9.80 Å². The quantitative estimate of drug-likeness (QED) is 0.626. The Morgan fingerprint density at radius 2 is 2.00 bits per heavy atom. The summed E-state index contributed by atoms with van der Waals surface area (Å²) in [4.78, 5) is 15.5. The van der Waals surface area contributed by atoms with Crippen molar-refractivity contribution in [3.63, 3.8) is 0 Å². The van der Waals surface area contributed by atoms with Crippen LogP contribution >= 0.6 is 0 Å². The molecule has 0 rings (SSSR count). The maximum Gasteiger partial charge on any atom is 0.248 e. The number of ether oxygens (including phenoxy) is 1. The Kier molecular flexibility index (Phi) is 6.49. The molecule has 0 saturated heterocycles. The first-order chi connectivity index (χ1) is 6.52. The van der Waals surface area contributed by atoms with Gasteiger partial charge >= 0.3 is 0 Å². The third kappa shape index (κ3) is 4.58. The van der Waals surface area contributed by atoms with E-state index in [4.69, 9.17) is 4.74 Å². The third-order valence-corrected chi connectivity index (χ3v) is 2.09. The highest BCUT2D eigenvalue weighted by Crippen LogP contribution is 2.01. The highest BCUT2D eigenvalue weighted by Gasteiger charge is 2.18. The standard InChI is InChI=1S/C10H22N2O2/c1-6-12(10(13)8-14-5)9(2)7-11(3)4/h9H,6-8H2,1-5H3. The second-order valence-corrected chi connectivity index (χ2v) is 3.72. The van der Waals surface area contributed by atoms with Gasteiger partial charge in [-0.3, -0.25) is 4.79 Å². The molecule has 0 aliphatic heterocycles. The van der Waals surface area contributed by atoms with Gasteiger partial charge < -0.3 is 14.5 Å². The van der Waals surface area contributed by atoms with Gasteiger partial charge in [0.25, 0.3) is 0 Å². The van der Waals surface area contributed by atoms with E-state index >= 15 is 0 Å². The minimum Gasteiger partial charge on any atom is -0.375 e. The van der Waals surface area contributed by atoms with Gasteiger partial charge in [-0.2, -0.15) is 0 Å². The highest BCUT2D eigenvalue weighted by atomic mass is 16.5. The van der Waals surface area contributed by atoms with E-state index in [0.29, 0.717) is 0 Å². The van der Waals surface area contributed by atoms with Crippen LogP contribution in [0.2, 0.25) is 0 Å². The number of hydrogen-bond acceptors (Lipinski definition) is 3. The Morgan fingerprint density at radius 3 is 2.36 bits per heavy atom. The van der Waals surface area contributed by atoms with Gasteiger partial charge in [-0.25, -0.2) is 0 Å². The maximum absolute atomic E-state index is 11.6. The summed E-state index contributed by atoms with van der Waals surface area (Å²) in [7, 11) is 5.55. The van der Waals surface area contributed by atoms with Crippen molar-refractivity contribution in [3.05, 3.63) is 0 Å². The summed E-state index contributed by atoms with van der Waals surface area (Å²) in [5, 5.41) is 0. The first kappa shape index (κ1) is 13.4. The zero-order valence-corrected chi connectivity index (χ0v) is 9.91. The van der Waals surface area contributed by atoms with Crippen molar-refractivity contribution in [2.45, 2.75) is 19.9 Å². The number of nitrogens with zero attached hydrogens (tertiary/aromatic N) is 2. The largest absolute Gasteiger partial charge is 0.375 e. The number of hydrogen-bond donors (Lipinski definition) is 0. The Labute approximate surface area is 86.8 Å². The molecule has 0 N–H and O–H groups in total. The van der Waals surface area contributed by atoms with Gasteiger partial charge in [-0.15, -0.1) is 0 Å². The van der Waals surface area contributed by atoms with Crippen molar-refractivity contribution in [3.8, 4) is 0 Å². The van der Waals surface area contributed by atoms with E-state index in [-0.39, 0.29) is 18.6 Å². The zero-order valence-electron chi connectivity index (χ0n) is 9.91. The molecule has 1 atom stereocenters. The lowest BCUT2D eigenvalue weighted by Crippen LogP contribution is -2.45. The predicted octanol–water partition coefficient (Wildman–Crippen LogP) is 0.431. The SMILES string of the molecule is CCN(C(=O)COC)C(C)CN(C)C. The van der Waals surface area contributed by atoms with Crippen LogP contribution in [0.15, 0.2) is 0 Å². The van der Waals surface area contributed by atoms with Gasteiger partial charge in [0.2, 0.25) is 5.91 Å². The van der Waals surface area contributed by atoms with Crippen LogP contribution < -0.4 is 0 Å². The van der Waals surface area contributed by atoms with Crippen molar-refractivity contribution in [2.24, 2.45) is 0 Å². The molecule has 84 valence electrons. The fraction of sp³-hybridized carbons (Fsp3) is 0.900. The van der Waals surface area contributed by atoms with Crippen molar-refractivity contribution in [1.29, 1.82) is 0 Å². The van der Waals surface area contributed by atoms with E-state index in [1.54, 1.807) is 7.11 Å². The van der Waals surface area contributed by atoms with E-state index in [9.17, 15) is 4.79 Å². The average Bonchev–Trinajstić information content (AvgIpc) is 2.04. The first-order valence-corrected chi connectivity index (χ1v) is 4.96. The Balaban J connectivity index is 4.17. The van der Waals surface area contributed by atoms with Gasteiger partial charge in [0.1, 0.15) is 6.61 Å². The normalized spacial score (nSPS) is 13.0. The Hall–Kier alpha value is -0.610. The molecular weight excluding hydrogens is 180 g/mol. The summed E-state index contributed by atoms with van der Waals surface area (Å²) >= 11 is 0. The molecule has 0 aliphatic carbocycles. The Bertz CT molecular complexity index is 172. The van der Waals surface area contributed by atoms with E-state index in [0.717, 1.165) is 13.1 Å². The number of carbonyl (C=O) groups is 1. The molecule has 0 aromatic heterocycles. The molecule has 0 saturated carbocycles. The molecule has 0 bridgehead atoms. The minimum atomic E-state index is 0.0596. The summed E-state index contributed by atoms with van der Waals surface area (Å²) in [5.41, 5.74) is 0. The van der Waals surface area contributed by atoms with Crippen LogP contribution in [0, 0.1) is 0 Å². The van der Waals surface area contributed by atoms with E-state index in [2.05, 4.69) is 11.8 Å². The van der Waals surface area contributed by atoms with Crippen molar-refractivity contribution < 1.29 is 9.53 Å². The molecule has 0 aromatic carbocycles. The summed E-state index contributed by atoms with van der Waals surface area (Å²) < 4.78 is 4.84. The maximum atomic E-state index is 11.6. The van der Waals surface area contributed by atoms with E-state index in [1.807, 2.05) is 25.9 Å². The molecule has 0 aliphatic rings. The third-order valence-electron chi connectivity index (χ3n) is 2.09. The smallest absolute Gasteiger partial charge is 0.248 e. The molecule has 0 aromatic rings. The molecule has 14 heavy (non-hydrogen) atoms. The minimum absolute atomic E-state index is 0.0596. The van der Waals surface area contributed by atoms with Gasteiger partial charge in [-0.1, -0.05) is 0 Å². The number of methoxy groups -OCH3 is 1. The topological polar surface area (TPSA) is 32.8 Å². The monoisotopic (exact) mass is 202 g/mol. The van der Waals surface area contributed by atoms with Crippen molar-refractivity contribution in [2.75, 3.05) is 40.9 Å². The van der Waals surface area contributed by atoms with Gasteiger partial charge in [0.05, 0.1) is 0 Å². The van der Waals surface area contributed by atoms with Crippen LogP contribution in [0.25, 0.3) is 0 Å². The van der Waals surface area contributed by atoms with Gasteiger partial charge in [-0.05, 0) is 27.9 Å². The number of likely N-dealkylation sites (N-methyl/N-ethyl adjacent to an activating group) is 2. The zero-order chi connectivity index (χ0) is 11.1. The lowest BCUT2D eigenvalue weighted by Gasteiger charge is -2.29. The fourth-order valence-electron chi connectivity index (χ4n) is 1.57. The van der Waals surface area contributed by atoms with Crippen LogP contribution in [0.5, 0.6) is 0 Å². The molecule has 1 amide bonds. The lowest BCUT2D eigenvalue weighted by atomic mass is 10.2. The van der Waals surface area contributed by atoms with E-state index < -0.39 is 0 Å². The molecule has 4 nitrogen and oxygen atoms in total. The second-order valence-electron chi connectivity index (χ2n) is 3.72. The molecule has 0 radical (unpaired) electrons. The number of carbonyl (C=O) groups excluding carboxylic acids is 1. The molecule has 0 heterocycles. The summed E-state index contributed by atoms with van der Waals surface area (Å²) in [6.45, 7) is 5.82.